The molecule has 2 aromatic rings. The summed E-state index contributed by atoms with van der Waals surface area (Å²) in [6.45, 7) is 3.78. The van der Waals surface area contributed by atoms with Crippen LogP contribution in [0.4, 0.5) is 0 Å². The van der Waals surface area contributed by atoms with Gasteiger partial charge in [0.05, 0.1) is 39.4 Å². The number of quaternary nitrogens is 1. The first-order valence-corrected chi connectivity index (χ1v) is 8.75. The Morgan fingerprint density at radius 3 is 2.62 bits per heavy atom. The van der Waals surface area contributed by atoms with Gasteiger partial charge in [-0.1, -0.05) is 30.3 Å². The second-order valence-corrected chi connectivity index (χ2v) is 6.54. The number of nitrogens with one attached hydrogen (secondary N) is 2. The van der Waals surface area contributed by atoms with Crippen molar-refractivity contribution in [3.05, 3.63) is 62.3 Å². The maximum absolute atomic E-state index is 12.1. The van der Waals surface area contributed by atoms with Crippen molar-refractivity contribution in [2.24, 2.45) is 5.10 Å². The quantitative estimate of drug-likeness (QED) is 0.576. The standard InChI is InChI=1S/C18H23N5O3/c1-21-9-11-22(12-10-21)19-13-15-16(24)20-18(26)23(17(15)25)8-7-14-5-3-2-4-6-14/h2-6,13,25H,7-12H2,1H3,(H,20,24,26)/p+1/b19-13+. The van der Waals surface area contributed by atoms with Gasteiger partial charge in [0.25, 0.3) is 5.56 Å². The van der Waals surface area contributed by atoms with Gasteiger partial charge in [0, 0.05) is 6.54 Å². The molecule has 1 aromatic carbocycles. The van der Waals surface area contributed by atoms with Crippen LogP contribution < -0.4 is 16.1 Å². The second-order valence-electron chi connectivity index (χ2n) is 6.54. The lowest BCUT2D eigenvalue weighted by molar-refractivity contribution is -0.884. The molecule has 26 heavy (non-hydrogen) atoms. The Morgan fingerprint density at radius 2 is 1.92 bits per heavy atom. The van der Waals surface area contributed by atoms with Crippen LogP contribution in [0.25, 0.3) is 0 Å². The molecule has 1 saturated heterocycles. The second kappa shape index (κ2) is 8.01. The summed E-state index contributed by atoms with van der Waals surface area (Å²) in [4.78, 5) is 27.8. The number of aryl methyl sites for hydroxylation is 1. The number of aromatic nitrogens is 2. The first-order chi connectivity index (χ1) is 12.5. The first kappa shape index (κ1) is 17.9. The molecule has 2 heterocycles. The number of nitrogens with zero attached hydrogens (tertiary/aromatic N) is 3. The van der Waals surface area contributed by atoms with Crippen molar-refractivity contribution in [3.8, 4) is 5.88 Å². The molecule has 1 aromatic heterocycles. The predicted molar refractivity (Wildman–Crippen MR) is 98.9 cm³/mol. The van der Waals surface area contributed by atoms with Crippen LogP contribution in [0.2, 0.25) is 0 Å². The van der Waals surface area contributed by atoms with Gasteiger partial charge in [-0.2, -0.15) is 5.10 Å². The van der Waals surface area contributed by atoms with Crippen LogP contribution in [0.3, 0.4) is 0 Å². The number of hydrogen-bond acceptors (Lipinski definition) is 5. The van der Waals surface area contributed by atoms with Gasteiger partial charge in [0.2, 0.25) is 5.88 Å². The molecule has 0 unspecified atom stereocenters. The number of H-pyrrole nitrogens is 1. The average molecular weight is 358 g/mol. The molecule has 3 N–H and O–H groups in total. The van der Waals surface area contributed by atoms with Crippen molar-refractivity contribution in [2.45, 2.75) is 13.0 Å². The highest BCUT2D eigenvalue weighted by molar-refractivity contribution is 5.81. The average Bonchev–Trinajstić information content (AvgIpc) is 2.63. The molecule has 0 radical (unpaired) electrons. The molecule has 8 nitrogen and oxygen atoms in total. The summed E-state index contributed by atoms with van der Waals surface area (Å²) in [5, 5.41) is 16.6. The third-order valence-electron chi connectivity index (χ3n) is 4.62. The highest BCUT2D eigenvalue weighted by atomic mass is 16.3. The van der Waals surface area contributed by atoms with Crippen LogP contribution >= 0.6 is 0 Å². The summed E-state index contributed by atoms with van der Waals surface area (Å²) in [6.07, 6.45) is 1.91. The Balaban J connectivity index is 1.80. The molecule has 8 heteroatoms. The molecule has 0 aliphatic carbocycles. The van der Waals surface area contributed by atoms with Gasteiger partial charge in [0.15, 0.2) is 0 Å². The fraction of sp³-hybridized carbons (Fsp3) is 0.389. The molecule has 0 atom stereocenters. The van der Waals surface area contributed by atoms with Gasteiger partial charge < -0.3 is 10.0 Å². The van der Waals surface area contributed by atoms with Gasteiger partial charge >= 0.3 is 5.69 Å². The zero-order valence-corrected chi connectivity index (χ0v) is 14.8. The van der Waals surface area contributed by atoms with E-state index in [0.29, 0.717) is 6.42 Å². The minimum Gasteiger partial charge on any atom is -0.494 e. The molecule has 1 fully saturated rings. The first-order valence-electron chi connectivity index (χ1n) is 8.75. The minimum atomic E-state index is -0.632. The Bertz CT molecular complexity index is 880. The third-order valence-corrected chi connectivity index (χ3v) is 4.62. The number of aromatic amines is 1. The fourth-order valence-electron chi connectivity index (χ4n) is 2.92. The van der Waals surface area contributed by atoms with E-state index in [1.54, 1.807) is 0 Å². The van der Waals surface area contributed by atoms with E-state index in [1.165, 1.54) is 15.7 Å². The van der Waals surface area contributed by atoms with Crippen molar-refractivity contribution >= 4 is 6.21 Å². The summed E-state index contributed by atoms with van der Waals surface area (Å²) < 4.78 is 1.17. The van der Waals surface area contributed by atoms with Crippen LogP contribution in [0, 0.1) is 0 Å². The van der Waals surface area contributed by atoms with Crippen molar-refractivity contribution < 1.29 is 10.0 Å². The summed E-state index contributed by atoms with van der Waals surface area (Å²) in [5.41, 5.74) is -0.208. The van der Waals surface area contributed by atoms with E-state index in [9.17, 15) is 14.7 Å². The van der Waals surface area contributed by atoms with Crippen molar-refractivity contribution in [1.82, 2.24) is 14.6 Å². The molecule has 0 saturated carbocycles. The minimum absolute atomic E-state index is 0.00365. The van der Waals surface area contributed by atoms with E-state index in [4.69, 9.17) is 0 Å². The highest BCUT2D eigenvalue weighted by Gasteiger charge is 2.16. The Morgan fingerprint density at radius 1 is 1.23 bits per heavy atom. The van der Waals surface area contributed by atoms with E-state index >= 15 is 0 Å². The molecule has 1 aliphatic rings. The number of hydrazone groups is 1. The van der Waals surface area contributed by atoms with E-state index < -0.39 is 11.2 Å². The molecule has 0 bridgehead atoms. The van der Waals surface area contributed by atoms with E-state index in [2.05, 4.69) is 17.1 Å². The molecular weight excluding hydrogens is 334 g/mol. The molecule has 0 amide bonds. The van der Waals surface area contributed by atoms with Crippen LogP contribution in [0.15, 0.2) is 45.0 Å². The lowest BCUT2D eigenvalue weighted by atomic mass is 10.1. The normalized spacial score (nSPS) is 15.7. The smallest absolute Gasteiger partial charge is 0.331 e. The Hall–Kier alpha value is -2.87. The highest BCUT2D eigenvalue weighted by Crippen LogP contribution is 2.10. The Labute approximate surface area is 151 Å². The van der Waals surface area contributed by atoms with Crippen molar-refractivity contribution in [1.29, 1.82) is 0 Å². The van der Waals surface area contributed by atoms with E-state index in [0.717, 1.165) is 31.7 Å². The topological polar surface area (TPSA) is 95.1 Å². The number of likely N-dealkylation sites (N-methyl/N-ethyl adjacent to an activating group) is 1. The van der Waals surface area contributed by atoms with Crippen molar-refractivity contribution in [3.63, 3.8) is 0 Å². The Kier molecular flexibility index (Phi) is 5.52. The maximum Gasteiger partial charge on any atom is 0.331 e. The maximum atomic E-state index is 12.1. The molecule has 1 aliphatic heterocycles. The lowest BCUT2D eigenvalue weighted by Gasteiger charge is -2.27. The summed E-state index contributed by atoms with van der Waals surface area (Å²) in [6, 6.07) is 9.65. The van der Waals surface area contributed by atoms with Crippen LogP contribution in [0.1, 0.15) is 11.1 Å². The third kappa shape index (κ3) is 4.20. The monoisotopic (exact) mass is 358 g/mol. The van der Waals surface area contributed by atoms with Crippen molar-refractivity contribution in [2.75, 3.05) is 33.2 Å². The van der Waals surface area contributed by atoms with Gasteiger partial charge in [-0.3, -0.25) is 19.4 Å². The number of piperazine rings is 1. The zero-order chi connectivity index (χ0) is 18.5. The van der Waals surface area contributed by atoms with Crippen LogP contribution in [0.5, 0.6) is 5.88 Å². The summed E-state index contributed by atoms with van der Waals surface area (Å²) in [5.74, 6) is -0.349. The fourth-order valence-corrected chi connectivity index (χ4v) is 2.92. The predicted octanol–water partition coefficient (Wildman–Crippen LogP) is -1.35. The van der Waals surface area contributed by atoms with Gasteiger partial charge in [-0.05, 0) is 12.0 Å². The molecule has 3 rings (SSSR count). The van der Waals surface area contributed by atoms with Crippen LogP contribution in [-0.2, 0) is 13.0 Å². The summed E-state index contributed by atoms with van der Waals surface area (Å²) >= 11 is 0. The van der Waals surface area contributed by atoms with E-state index in [-0.39, 0.29) is 18.0 Å². The van der Waals surface area contributed by atoms with Gasteiger partial charge in [0.1, 0.15) is 5.56 Å². The lowest BCUT2D eigenvalue weighted by Crippen LogP contribution is -3.11. The van der Waals surface area contributed by atoms with Gasteiger partial charge in [-0.25, -0.2) is 4.79 Å². The number of benzene rings is 1. The largest absolute Gasteiger partial charge is 0.494 e. The molecular formula is C18H24N5O3+. The molecule has 138 valence electrons. The number of hydrogen-bond donors (Lipinski definition) is 3. The number of aromatic hydroxyl groups is 1. The zero-order valence-electron chi connectivity index (χ0n) is 14.8. The van der Waals surface area contributed by atoms with Crippen LogP contribution in [-0.4, -0.2) is 59.1 Å². The SMILES string of the molecule is C[NH+]1CCN(/N=C/c2c(O)n(CCc3ccccc3)c(=O)[nH]c2=O)CC1. The summed E-state index contributed by atoms with van der Waals surface area (Å²) in [7, 11) is 2.13. The molecule has 0 spiro atoms. The van der Waals surface area contributed by atoms with E-state index in [1.807, 2.05) is 35.3 Å². The van der Waals surface area contributed by atoms with Gasteiger partial charge in [-0.15, -0.1) is 0 Å². The number of rotatable bonds is 5.